The Morgan fingerprint density at radius 1 is 1.06 bits per heavy atom. The van der Waals surface area contributed by atoms with Crippen molar-refractivity contribution in [1.82, 2.24) is 5.01 Å². The molecule has 0 bridgehead atoms. The van der Waals surface area contributed by atoms with Gasteiger partial charge >= 0.3 is 0 Å². The van der Waals surface area contributed by atoms with Gasteiger partial charge in [0.05, 0.1) is 27.3 Å². The van der Waals surface area contributed by atoms with Gasteiger partial charge in [-0.2, -0.15) is 5.10 Å². The topological polar surface area (TPSA) is 75.8 Å². The van der Waals surface area contributed by atoms with Crippen LogP contribution in [-0.2, 0) is 0 Å². The summed E-state index contributed by atoms with van der Waals surface area (Å²) in [5.41, 5.74) is 3.85. The molecule has 5 rings (SSSR count). The molecule has 1 aliphatic heterocycles. The number of allylic oxidation sites excluding steroid dienone is 1. The number of amides is 1. The fourth-order valence-electron chi connectivity index (χ4n) is 4.84. The van der Waals surface area contributed by atoms with Crippen LogP contribution in [0.15, 0.2) is 86.3 Å². The summed E-state index contributed by atoms with van der Waals surface area (Å²) in [4.78, 5) is 24.6. The lowest BCUT2D eigenvalue weighted by Gasteiger charge is -2.29. The fraction of sp³-hybridized carbons (Fsp3) is 0.185. The van der Waals surface area contributed by atoms with Crippen molar-refractivity contribution in [2.45, 2.75) is 25.3 Å². The quantitative estimate of drug-likeness (QED) is 0.216. The number of rotatable bonds is 4. The number of halogens is 3. The van der Waals surface area contributed by atoms with E-state index in [0.717, 1.165) is 50.6 Å². The van der Waals surface area contributed by atoms with Gasteiger partial charge in [0.25, 0.3) is 11.6 Å². The smallest absolute Gasteiger partial charge is 0.267 e. The van der Waals surface area contributed by atoms with E-state index in [-0.39, 0.29) is 28.2 Å². The molecular weight excluding hydrogens is 610 g/mol. The number of hydrogen-bond donors (Lipinski definition) is 0. The van der Waals surface area contributed by atoms with Gasteiger partial charge < -0.3 is 0 Å². The summed E-state index contributed by atoms with van der Waals surface area (Å²) < 4.78 is 1.94. The minimum Gasteiger partial charge on any atom is -0.267 e. The first-order valence-electron chi connectivity index (χ1n) is 11.4. The van der Waals surface area contributed by atoms with Gasteiger partial charge in [-0.1, -0.05) is 67.7 Å². The van der Waals surface area contributed by atoms with Gasteiger partial charge in [0.15, 0.2) is 0 Å². The van der Waals surface area contributed by atoms with E-state index in [1.54, 1.807) is 0 Å². The predicted octanol–water partition coefficient (Wildman–Crippen LogP) is 8.21. The molecule has 0 unspecified atom stereocenters. The second kappa shape index (κ2) is 10.3. The molecule has 182 valence electrons. The molecule has 2 aliphatic rings. The molecular formula is C27H20Br2ClN3O3. The predicted molar refractivity (Wildman–Crippen MR) is 148 cm³/mol. The second-order valence-corrected chi connectivity index (χ2v) is 11.0. The molecule has 0 saturated heterocycles. The van der Waals surface area contributed by atoms with Crippen molar-refractivity contribution >= 4 is 66.8 Å². The van der Waals surface area contributed by atoms with E-state index < -0.39 is 10.8 Å². The number of hydrogen-bond acceptors (Lipinski definition) is 4. The van der Waals surface area contributed by atoms with Crippen molar-refractivity contribution in [2.24, 2.45) is 11.0 Å². The molecule has 0 spiro atoms. The molecule has 1 saturated carbocycles. The number of nitrogens with zero attached hydrogens (tertiary/aromatic N) is 3. The van der Waals surface area contributed by atoms with E-state index in [0.29, 0.717) is 0 Å². The number of fused-ring (bicyclic) bond motifs is 1. The number of non-ortho nitro benzene ring substituents is 1. The lowest BCUT2D eigenvalue weighted by Crippen LogP contribution is -2.32. The first-order chi connectivity index (χ1) is 17.3. The van der Waals surface area contributed by atoms with Crippen LogP contribution < -0.4 is 0 Å². The molecule has 0 aromatic heterocycles. The highest BCUT2D eigenvalue weighted by Gasteiger charge is 2.44. The highest BCUT2D eigenvalue weighted by molar-refractivity contribution is 9.10. The summed E-state index contributed by atoms with van der Waals surface area (Å²) in [5.74, 6) is -0.454. The maximum absolute atomic E-state index is 13.8. The SMILES string of the molecule is O=C(c1cc([N+](=O)[O-])ccc1Cl)N1N=C2/C(=C/c3ccc(Br)cc3)CCC[C@H]2[C@@H]1c1ccc(Br)cc1. The number of carbonyl (C=O) groups excluding carboxylic acids is 1. The summed E-state index contributed by atoms with van der Waals surface area (Å²) in [6, 6.07) is 19.5. The summed E-state index contributed by atoms with van der Waals surface area (Å²) in [6.07, 6.45) is 4.84. The maximum atomic E-state index is 13.8. The largest absolute Gasteiger partial charge is 0.276 e. The zero-order valence-corrected chi connectivity index (χ0v) is 22.8. The van der Waals surface area contributed by atoms with Crippen LogP contribution in [0.4, 0.5) is 5.69 Å². The van der Waals surface area contributed by atoms with Crippen LogP contribution in [0.25, 0.3) is 6.08 Å². The minimum atomic E-state index is -0.534. The number of nitro groups is 1. The van der Waals surface area contributed by atoms with Gasteiger partial charge in [0.2, 0.25) is 0 Å². The van der Waals surface area contributed by atoms with E-state index in [2.05, 4.69) is 37.9 Å². The summed E-state index contributed by atoms with van der Waals surface area (Å²) in [5, 5.41) is 17.8. The molecule has 36 heavy (non-hydrogen) atoms. The van der Waals surface area contributed by atoms with Crippen molar-refractivity contribution in [2.75, 3.05) is 0 Å². The van der Waals surface area contributed by atoms with Crippen LogP contribution >= 0.6 is 43.5 Å². The molecule has 6 nitrogen and oxygen atoms in total. The van der Waals surface area contributed by atoms with Crippen LogP contribution in [0, 0.1) is 16.0 Å². The number of nitro benzene ring substituents is 1. The van der Waals surface area contributed by atoms with Crippen LogP contribution in [0.5, 0.6) is 0 Å². The average molecular weight is 630 g/mol. The van der Waals surface area contributed by atoms with E-state index >= 15 is 0 Å². The fourth-order valence-corrected chi connectivity index (χ4v) is 5.56. The van der Waals surface area contributed by atoms with Crippen molar-refractivity contribution in [1.29, 1.82) is 0 Å². The van der Waals surface area contributed by atoms with Crippen molar-refractivity contribution in [3.8, 4) is 0 Å². The van der Waals surface area contributed by atoms with Gasteiger partial charge in [0.1, 0.15) is 0 Å². The molecule has 0 N–H and O–H groups in total. The Labute approximate surface area is 230 Å². The third kappa shape index (κ3) is 4.90. The molecule has 3 aromatic carbocycles. The summed E-state index contributed by atoms with van der Waals surface area (Å²) >= 11 is 13.3. The zero-order valence-electron chi connectivity index (χ0n) is 18.9. The third-order valence-corrected chi connectivity index (χ3v) is 7.91. The lowest BCUT2D eigenvalue weighted by atomic mass is 9.77. The minimum absolute atomic E-state index is 0.00282. The Balaban J connectivity index is 1.60. The second-order valence-electron chi connectivity index (χ2n) is 8.77. The van der Waals surface area contributed by atoms with Crippen molar-refractivity contribution in [3.63, 3.8) is 0 Å². The van der Waals surface area contributed by atoms with Crippen LogP contribution in [0.2, 0.25) is 5.02 Å². The standard InChI is InChI=1S/C27H20Br2ClN3O3/c28-19-8-4-16(5-9-19)14-18-2-1-3-22-25(18)31-32(26(22)17-6-10-20(29)11-7-17)27(34)23-15-21(33(35)36)12-13-24(23)30/h4-15,22,26H,1-3H2/b18-14+/t22-,26+/m1/s1. The van der Waals surface area contributed by atoms with Gasteiger partial charge in [0, 0.05) is 27.0 Å². The lowest BCUT2D eigenvalue weighted by molar-refractivity contribution is -0.384. The highest BCUT2D eigenvalue weighted by atomic mass is 79.9. The summed E-state index contributed by atoms with van der Waals surface area (Å²) in [7, 11) is 0. The molecule has 1 heterocycles. The van der Waals surface area contributed by atoms with E-state index in [4.69, 9.17) is 16.7 Å². The average Bonchev–Trinajstić information content (AvgIpc) is 3.26. The van der Waals surface area contributed by atoms with Crippen LogP contribution in [0.1, 0.15) is 46.8 Å². The van der Waals surface area contributed by atoms with Crippen LogP contribution in [-0.4, -0.2) is 21.6 Å². The molecule has 9 heteroatoms. The van der Waals surface area contributed by atoms with Gasteiger partial charge in [-0.15, -0.1) is 0 Å². The Morgan fingerprint density at radius 3 is 2.39 bits per heavy atom. The monoisotopic (exact) mass is 627 g/mol. The van der Waals surface area contributed by atoms with Crippen molar-refractivity contribution in [3.05, 3.63) is 113 Å². The first kappa shape index (κ1) is 24.9. The van der Waals surface area contributed by atoms with E-state index in [1.165, 1.54) is 23.2 Å². The molecule has 1 fully saturated rings. The van der Waals surface area contributed by atoms with Gasteiger partial charge in [-0.05, 0) is 72.4 Å². The zero-order chi connectivity index (χ0) is 25.4. The molecule has 0 radical (unpaired) electrons. The number of benzene rings is 3. The normalized spacial score (nSPS) is 20.2. The molecule has 1 aliphatic carbocycles. The Morgan fingerprint density at radius 2 is 1.72 bits per heavy atom. The Hall–Kier alpha value is -2.81. The molecule has 2 atom stereocenters. The van der Waals surface area contributed by atoms with E-state index in [9.17, 15) is 14.9 Å². The number of hydrazone groups is 1. The van der Waals surface area contributed by atoms with Crippen molar-refractivity contribution < 1.29 is 9.72 Å². The van der Waals surface area contributed by atoms with Crippen LogP contribution in [0.3, 0.4) is 0 Å². The first-order valence-corrected chi connectivity index (χ1v) is 13.4. The van der Waals surface area contributed by atoms with Gasteiger partial charge in [-0.25, -0.2) is 5.01 Å². The van der Waals surface area contributed by atoms with E-state index in [1.807, 2.05) is 48.5 Å². The molecule has 1 amide bonds. The van der Waals surface area contributed by atoms with Gasteiger partial charge in [-0.3, -0.25) is 14.9 Å². The number of carbonyl (C=O) groups is 1. The third-order valence-electron chi connectivity index (χ3n) is 6.52. The highest BCUT2D eigenvalue weighted by Crippen LogP contribution is 2.45. The maximum Gasteiger partial charge on any atom is 0.276 e. The molecule has 3 aromatic rings. The summed E-state index contributed by atoms with van der Waals surface area (Å²) in [6.45, 7) is 0. The Kier molecular flexibility index (Phi) is 7.10. The Bertz CT molecular complexity index is 1400.